The third kappa shape index (κ3) is 1.62. The van der Waals surface area contributed by atoms with Gasteiger partial charge in [0.15, 0.2) is 0 Å². The molecule has 1 aromatic heterocycles. The van der Waals surface area contributed by atoms with Crippen LogP contribution in [0.25, 0.3) is 11.1 Å². The van der Waals surface area contributed by atoms with Crippen LogP contribution < -0.4 is 0 Å². The van der Waals surface area contributed by atoms with Gasteiger partial charge in [-0.1, -0.05) is 30.3 Å². The molecule has 0 aliphatic carbocycles. The number of aromatic nitrogens is 1. The lowest BCUT2D eigenvalue weighted by Crippen LogP contribution is -1.82. The van der Waals surface area contributed by atoms with Crippen molar-refractivity contribution in [2.24, 2.45) is 0 Å². The average molecular weight is 180 g/mol. The molecule has 2 aromatic rings. The van der Waals surface area contributed by atoms with Crippen molar-refractivity contribution in [3.8, 4) is 17.2 Å². The van der Waals surface area contributed by atoms with E-state index in [1.54, 1.807) is 12.4 Å². The summed E-state index contributed by atoms with van der Waals surface area (Å²) in [5.74, 6) is 0. The van der Waals surface area contributed by atoms with Crippen molar-refractivity contribution in [1.82, 2.24) is 4.98 Å². The van der Waals surface area contributed by atoms with Crippen LogP contribution in [0, 0.1) is 11.3 Å². The molecular formula is C12H8N2. The molecule has 66 valence electrons. The van der Waals surface area contributed by atoms with Gasteiger partial charge in [-0.25, -0.2) is 0 Å². The highest BCUT2D eigenvalue weighted by Crippen LogP contribution is 2.18. The Hall–Kier alpha value is -2.14. The van der Waals surface area contributed by atoms with Crippen LogP contribution in [0.5, 0.6) is 0 Å². The Labute approximate surface area is 82.5 Å². The lowest BCUT2D eigenvalue weighted by atomic mass is 10.1. The lowest BCUT2D eigenvalue weighted by molar-refractivity contribution is 1.30. The van der Waals surface area contributed by atoms with Gasteiger partial charge in [0, 0.05) is 18.0 Å². The van der Waals surface area contributed by atoms with Crippen molar-refractivity contribution in [3.05, 3.63) is 54.4 Å². The molecule has 0 N–H and O–H groups in total. The van der Waals surface area contributed by atoms with Gasteiger partial charge in [0.1, 0.15) is 6.07 Å². The Morgan fingerprint density at radius 3 is 2.50 bits per heavy atom. The van der Waals surface area contributed by atoms with Gasteiger partial charge in [-0.05, 0) is 11.6 Å². The molecule has 0 fully saturated rings. The zero-order chi connectivity index (χ0) is 9.80. The van der Waals surface area contributed by atoms with Gasteiger partial charge in [-0.2, -0.15) is 5.26 Å². The number of hydrogen-bond acceptors (Lipinski definition) is 2. The minimum absolute atomic E-state index is 0.589. The summed E-state index contributed by atoms with van der Waals surface area (Å²) in [4.78, 5) is 4.01. The van der Waals surface area contributed by atoms with Crippen molar-refractivity contribution in [2.75, 3.05) is 0 Å². The van der Waals surface area contributed by atoms with E-state index in [2.05, 4.69) is 11.1 Å². The van der Waals surface area contributed by atoms with E-state index < -0.39 is 0 Å². The Balaban J connectivity index is 2.49. The van der Waals surface area contributed by atoms with Crippen molar-refractivity contribution in [2.45, 2.75) is 0 Å². The van der Waals surface area contributed by atoms with Crippen LogP contribution in [0.1, 0.15) is 5.56 Å². The predicted octanol–water partition coefficient (Wildman–Crippen LogP) is 2.62. The molecule has 2 nitrogen and oxygen atoms in total. The van der Waals surface area contributed by atoms with Crippen LogP contribution in [0.2, 0.25) is 0 Å². The number of benzene rings is 1. The first-order valence-electron chi connectivity index (χ1n) is 4.31. The molecule has 2 rings (SSSR count). The quantitative estimate of drug-likeness (QED) is 0.676. The third-order valence-corrected chi connectivity index (χ3v) is 1.97. The monoisotopic (exact) mass is 180 g/mol. The number of nitriles is 1. The first-order valence-corrected chi connectivity index (χ1v) is 4.31. The van der Waals surface area contributed by atoms with E-state index in [1.165, 1.54) is 0 Å². The standard InChI is InChI=1S/C12H8N2/c13-7-10-6-12(9-14-8-10)11-4-2-1-3-5-11/h1-6,8-9H. The number of nitrogens with zero attached hydrogens (tertiary/aromatic N) is 2. The van der Waals surface area contributed by atoms with Gasteiger partial charge in [0.05, 0.1) is 5.56 Å². The molecule has 0 radical (unpaired) electrons. The lowest BCUT2D eigenvalue weighted by Gasteiger charge is -1.99. The largest absolute Gasteiger partial charge is 0.263 e. The minimum Gasteiger partial charge on any atom is -0.263 e. The minimum atomic E-state index is 0.589. The zero-order valence-electron chi connectivity index (χ0n) is 7.51. The maximum atomic E-state index is 8.72. The van der Waals surface area contributed by atoms with Crippen molar-refractivity contribution in [3.63, 3.8) is 0 Å². The topological polar surface area (TPSA) is 36.7 Å². The second-order valence-electron chi connectivity index (χ2n) is 2.94. The SMILES string of the molecule is N#Cc1cncc(-c2ccccc2)c1. The Kier molecular flexibility index (Phi) is 2.24. The summed E-state index contributed by atoms with van der Waals surface area (Å²) in [6.45, 7) is 0. The van der Waals surface area contributed by atoms with Crippen LogP contribution in [0.4, 0.5) is 0 Å². The van der Waals surface area contributed by atoms with Gasteiger partial charge in [-0.15, -0.1) is 0 Å². The Bertz CT molecular complexity index is 469. The fourth-order valence-corrected chi connectivity index (χ4v) is 1.29. The molecule has 2 heteroatoms. The molecule has 0 amide bonds. The molecule has 0 atom stereocenters. The maximum absolute atomic E-state index is 8.72. The van der Waals surface area contributed by atoms with E-state index in [1.807, 2.05) is 36.4 Å². The van der Waals surface area contributed by atoms with Crippen LogP contribution >= 0.6 is 0 Å². The van der Waals surface area contributed by atoms with Gasteiger partial charge in [0.2, 0.25) is 0 Å². The average Bonchev–Trinajstić information content (AvgIpc) is 2.30. The number of pyridine rings is 1. The fraction of sp³-hybridized carbons (Fsp3) is 0. The van der Waals surface area contributed by atoms with Gasteiger partial charge in [-0.3, -0.25) is 4.98 Å². The van der Waals surface area contributed by atoms with Gasteiger partial charge < -0.3 is 0 Å². The third-order valence-electron chi connectivity index (χ3n) is 1.97. The first-order chi connectivity index (χ1) is 6.90. The summed E-state index contributed by atoms with van der Waals surface area (Å²) in [6, 6.07) is 13.8. The molecule has 0 unspecified atom stereocenters. The molecule has 0 spiro atoms. The van der Waals surface area contributed by atoms with E-state index in [9.17, 15) is 0 Å². The molecule has 0 saturated heterocycles. The summed E-state index contributed by atoms with van der Waals surface area (Å²) in [7, 11) is 0. The fourth-order valence-electron chi connectivity index (χ4n) is 1.29. The number of rotatable bonds is 1. The second kappa shape index (κ2) is 3.71. The van der Waals surface area contributed by atoms with E-state index in [4.69, 9.17) is 5.26 Å². The summed E-state index contributed by atoms with van der Waals surface area (Å²) < 4.78 is 0. The highest BCUT2D eigenvalue weighted by atomic mass is 14.6. The number of hydrogen-bond donors (Lipinski definition) is 0. The van der Waals surface area contributed by atoms with E-state index in [-0.39, 0.29) is 0 Å². The van der Waals surface area contributed by atoms with E-state index >= 15 is 0 Å². The summed E-state index contributed by atoms with van der Waals surface area (Å²) in [5, 5.41) is 8.72. The predicted molar refractivity (Wildman–Crippen MR) is 54.4 cm³/mol. The Morgan fingerprint density at radius 1 is 1.00 bits per heavy atom. The maximum Gasteiger partial charge on any atom is 0.101 e. The summed E-state index contributed by atoms with van der Waals surface area (Å²) >= 11 is 0. The molecule has 1 heterocycles. The molecule has 0 saturated carbocycles. The summed E-state index contributed by atoms with van der Waals surface area (Å²) in [6.07, 6.45) is 3.32. The molecule has 1 aromatic carbocycles. The Morgan fingerprint density at radius 2 is 1.79 bits per heavy atom. The van der Waals surface area contributed by atoms with Crippen molar-refractivity contribution in [1.29, 1.82) is 5.26 Å². The van der Waals surface area contributed by atoms with Crippen LogP contribution in [-0.2, 0) is 0 Å². The summed E-state index contributed by atoms with van der Waals surface area (Å²) in [5.41, 5.74) is 2.65. The molecule has 0 bridgehead atoms. The van der Waals surface area contributed by atoms with Crippen LogP contribution in [-0.4, -0.2) is 4.98 Å². The van der Waals surface area contributed by atoms with Crippen LogP contribution in [0.3, 0.4) is 0 Å². The highest BCUT2D eigenvalue weighted by molar-refractivity contribution is 5.63. The van der Waals surface area contributed by atoms with E-state index in [0.29, 0.717) is 5.56 Å². The molecule has 0 aliphatic rings. The van der Waals surface area contributed by atoms with Gasteiger partial charge in [0.25, 0.3) is 0 Å². The molecule has 0 aliphatic heterocycles. The van der Waals surface area contributed by atoms with Gasteiger partial charge >= 0.3 is 0 Å². The first kappa shape index (κ1) is 8.46. The molecular weight excluding hydrogens is 172 g/mol. The highest BCUT2D eigenvalue weighted by Gasteiger charge is 1.97. The van der Waals surface area contributed by atoms with E-state index in [0.717, 1.165) is 11.1 Å². The van der Waals surface area contributed by atoms with Crippen LogP contribution in [0.15, 0.2) is 48.8 Å². The smallest absolute Gasteiger partial charge is 0.101 e. The van der Waals surface area contributed by atoms with Crippen molar-refractivity contribution < 1.29 is 0 Å². The second-order valence-corrected chi connectivity index (χ2v) is 2.94. The normalized spacial score (nSPS) is 9.36. The zero-order valence-corrected chi connectivity index (χ0v) is 7.51. The van der Waals surface area contributed by atoms with Crippen molar-refractivity contribution >= 4 is 0 Å². The molecule has 14 heavy (non-hydrogen) atoms.